The molecule has 0 saturated carbocycles. The van der Waals surface area contributed by atoms with Crippen molar-refractivity contribution in [2.24, 2.45) is 0 Å². The minimum absolute atomic E-state index is 0.00129. The van der Waals surface area contributed by atoms with E-state index in [0.717, 1.165) is 59.4 Å². The Morgan fingerprint density at radius 3 is 2.50 bits per heavy atom. The van der Waals surface area contributed by atoms with Crippen LogP contribution in [0.1, 0.15) is 88.0 Å². The number of nitrogens with one attached hydrogen (secondary N) is 1. The summed E-state index contributed by atoms with van der Waals surface area (Å²) in [5, 5.41) is 3.30. The Bertz CT molecular complexity index is 1410. The Morgan fingerprint density at radius 2 is 1.81 bits per heavy atom. The molecule has 0 aliphatic rings. The molecule has 42 heavy (non-hydrogen) atoms. The molecule has 1 unspecified atom stereocenters. The third-order valence-corrected chi connectivity index (χ3v) is 7.57. The molecule has 0 aliphatic heterocycles. The molecule has 0 saturated heterocycles. The van der Waals surface area contributed by atoms with Gasteiger partial charge in [0, 0.05) is 36.6 Å². The Labute approximate surface area is 251 Å². The molecule has 1 aromatic heterocycles. The highest BCUT2D eigenvalue weighted by Crippen LogP contribution is 2.40. The lowest BCUT2D eigenvalue weighted by atomic mass is 9.85. The normalized spacial score (nSPS) is 12.1. The van der Waals surface area contributed by atoms with Crippen LogP contribution in [0, 0.1) is 0 Å². The van der Waals surface area contributed by atoms with E-state index in [-0.39, 0.29) is 17.2 Å². The standard InChI is InChI=1S/C36H45N3O3/c1-6-7-9-15-29(30-16-12-17-33(41-5)35(30)42-25-27-13-10-8-11-14-27)23-34(40)38-32-22-28(24-39-21-20-37-26-39)18-19-31(32)36(2,3)4/h8,10-14,16-22,26,29H,6-7,9,15,23-25H2,1-5H3,(H,38,40). The first kappa shape index (κ1) is 30.9. The van der Waals surface area contributed by atoms with Gasteiger partial charge in [-0.3, -0.25) is 4.79 Å². The summed E-state index contributed by atoms with van der Waals surface area (Å²) >= 11 is 0. The predicted molar refractivity (Wildman–Crippen MR) is 170 cm³/mol. The Morgan fingerprint density at radius 1 is 1.00 bits per heavy atom. The Hall–Kier alpha value is -4.06. The number of benzene rings is 3. The number of nitrogens with zero attached hydrogens (tertiary/aromatic N) is 2. The number of methoxy groups -OCH3 is 1. The van der Waals surface area contributed by atoms with Crippen LogP contribution in [0.25, 0.3) is 0 Å². The van der Waals surface area contributed by atoms with Crippen molar-refractivity contribution >= 4 is 11.6 Å². The molecule has 1 heterocycles. The minimum atomic E-state index is -0.123. The third kappa shape index (κ3) is 8.48. The van der Waals surface area contributed by atoms with Crippen LogP contribution < -0.4 is 14.8 Å². The minimum Gasteiger partial charge on any atom is -0.493 e. The number of para-hydroxylation sites is 1. The second kappa shape index (κ2) is 14.7. The smallest absolute Gasteiger partial charge is 0.224 e. The molecule has 0 aliphatic carbocycles. The fourth-order valence-corrected chi connectivity index (χ4v) is 5.37. The van der Waals surface area contributed by atoms with Crippen molar-refractivity contribution in [3.8, 4) is 11.5 Å². The van der Waals surface area contributed by atoms with Crippen molar-refractivity contribution in [1.82, 2.24) is 9.55 Å². The third-order valence-electron chi connectivity index (χ3n) is 7.57. The predicted octanol–water partition coefficient (Wildman–Crippen LogP) is 8.51. The summed E-state index contributed by atoms with van der Waals surface area (Å²) in [6, 6.07) is 22.5. The number of carbonyl (C=O) groups is 1. The number of imidazole rings is 1. The molecular weight excluding hydrogens is 522 g/mol. The maximum absolute atomic E-state index is 13.8. The number of amides is 1. The Balaban J connectivity index is 1.60. The topological polar surface area (TPSA) is 65.4 Å². The number of aromatic nitrogens is 2. The van der Waals surface area contributed by atoms with Gasteiger partial charge in [0.05, 0.1) is 13.4 Å². The van der Waals surface area contributed by atoms with Crippen LogP contribution in [-0.4, -0.2) is 22.6 Å². The summed E-state index contributed by atoms with van der Waals surface area (Å²) in [5.74, 6) is 1.39. The maximum Gasteiger partial charge on any atom is 0.224 e. The van der Waals surface area contributed by atoms with E-state index >= 15 is 0 Å². The van der Waals surface area contributed by atoms with Crippen LogP contribution in [0.3, 0.4) is 0 Å². The molecule has 1 atom stereocenters. The highest BCUT2D eigenvalue weighted by atomic mass is 16.5. The van der Waals surface area contributed by atoms with E-state index in [0.29, 0.717) is 25.3 Å². The van der Waals surface area contributed by atoms with Crippen molar-refractivity contribution in [2.45, 2.75) is 84.3 Å². The lowest BCUT2D eigenvalue weighted by Gasteiger charge is -2.25. The van der Waals surface area contributed by atoms with Gasteiger partial charge in [0.15, 0.2) is 11.5 Å². The fourth-order valence-electron chi connectivity index (χ4n) is 5.37. The summed E-state index contributed by atoms with van der Waals surface area (Å²) in [5.41, 5.74) is 5.06. The zero-order valence-electron chi connectivity index (χ0n) is 25.7. The van der Waals surface area contributed by atoms with Crippen molar-refractivity contribution < 1.29 is 14.3 Å². The molecule has 4 aromatic rings. The molecule has 1 amide bonds. The fraction of sp³-hybridized carbons (Fsp3) is 0.389. The van der Waals surface area contributed by atoms with Gasteiger partial charge in [0.2, 0.25) is 5.91 Å². The number of anilines is 1. The van der Waals surface area contributed by atoms with Gasteiger partial charge in [-0.15, -0.1) is 0 Å². The van der Waals surface area contributed by atoms with Crippen molar-refractivity contribution in [3.63, 3.8) is 0 Å². The Kier molecular flexibility index (Phi) is 10.8. The average Bonchev–Trinajstić information content (AvgIpc) is 3.48. The van der Waals surface area contributed by atoms with Crippen LogP contribution in [0.15, 0.2) is 85.5 Å². The van der Waals surface area contributed by atoms with Crippen molar-refractivity contribution in [3.05, 3.63) is 108 Å². The number of ether oxygens (including phenoxy) is 2. The summed E-state index contributed by atoms with van der Waals surface area (Å²) in [7, 11) is 1.66. The molecule has 0 bridgehead atoms. The molecule has 0 fully saturated rings. The van der Waals surface area contributed by atoms with Gasteiger partial charge in [0.25, 0.3) is 0 Å². The van der Waals surface area contributed by atoms with Crippen LogP contribution in [0.2, 0.25) is 0 Å². The molecule has 6 heteroatoms. The molecular formula is C36H45N3O3. The second-order valence-corrected chi connectivity index (χ2v) is 12.0. The van der Waals surface area contributed by atoms with Gasteiger partial charge in [-0.2, -0.15) is 0 Å². The van der Waals surface area contributed by atoms with Crippen LogP contribution in [0.5, 0.6) is 11.5 Å². The summed E-state index contributed by atoms with van der Waals surface area (Å²) in [6.07, 6.45) is 10.1. The zero-order chi connectivity index (χ0) is 30.0. The zero-order valence-corrected chi connectivity index (χ0v) is 25.7. The summed E-state index contributed by atoms with van der Waals surface area (Å²) < 4.78 is 14.2. The quantitative estimate of drug-likeness (QED) is 0.155. The number of hydrogen-bond donors (Lipinski definition) is 1. The van der Waals surface area contributed by atoms with Crippen LogP contribution in [0.4, 0.5) is 5.69 Å². The van der Waals surface area contributed by atoms with Crippen molar-refractivity contribution in [1.29, 1.82) is 0 Å². The highest BCUT2D eigenvalue weighted by Gasteiger charge is 2.24. The first-order valence-electron chi connectivity index (χ1n) is 15.0. The molecule has 0 spiro atoms. The van der Waals surface area contributed by atoms with E-state index in [2.05, 4.69) is 74.4 Å². The van der Waals surface area contributed by atoms with Crippen LogP contribution in [-0.2, 0) is 23.4 Å². The summed E-state index contributed by atoms with van der Waals surface area (Å²) in [4.78, 5) is 17.9. The molecule has 222 valence electrons. The molecule has 6 nitrogen and oxygen atoms in total. The van der Waals surface area contributed by atoms with E-state index < -0.39 is 0 Å². The van der Waals surface area contributed by atoms with Crippen LogP contribution >= 0.6 is 0 Å². The van der Waals surface area contributed by atoms with Gasteiger partial charge in [-0.1, -0.05) is 102 Å². The van der Waals surface area contributed by atoms with Gasteiger partial charge in [0.1, 0.15) is 6.61 Å². The largest absolute Gasteiger partial charge is 0.493 e. The van der Waals surface area contributed by atoms with Crippen molar-refractivity contribution in [2.75, 3.05) is 12.4 Å². The van der Waals surface area contributed by atoms with Gasteiger partial charge >= 0.3 is 0 Å². The van der Waals surface area contributed by atoms with E-state index in [4.69, 9.17) is 9.47 Å². The average molecular weight is 568 g/mol. The molecule has 1 N–H and O–H groups in total. The lowest BCUT2D eigenvalue weighted by Crippen LogP contribution is -2.21. The van der Waals surface area contributed by atoms with Gasteiger partial charge in [-0.25, -0.2) is 4.98 Å². The van der Waals surface area contributed by atoms with E-state index in [9.17, 15) is 4.79 Å². The number of unbranched alkanes of at least 4 members (excludes halogenated alkanes) is 2. The van der Waals surface area contributed by atoms with Gasteiger partial charge < -0.3 is 19.4 Å². The van der Waals surface area contributed by atoms with E-state index in [1.54, 1.807) is 13.3 Å². The molecule has 4 rings (SSSR count). The maximum atomic E-state index is 13.8. The number of hydrogen-bond acceptors (Lipinski definition) is 4. The van der Waals surface area contributed by atoms with E-state index in [1.807, 2.05) is 47.4 Å². The summed E-state index contributed by atoms with van der Waals surface area (Å²) in [6.45, 7) is 9.85. The molecule has 0 radical (unpaired) electrons. The molecule has 3 aromatic carbocycles. The van der Waals surface area contributed by atoms with E-state index in [1.165, 1.54) is 0 Å². The number of rotatable bonds is 14. The first-order valence-corrected chi connectivity index (χ1v) is 15.0. The van der Waals surface area contributed by atoms with Gasteiger partial charge in [-0.05, 0) is 46.6 Å². The first-order chi connectivity index (χ1) is 20.3. The highest BCUT2D eigenvalue weighted by molar-refractivity contribution is 5.92. The lowest BCUT2D eigenvalue weighted by molar-refractivity contribution is -0.116. The number of carbonyl (C=O) groups excluding carboxylic acids is 1. The SMILES string of the molecule is CCCCCC(CC(=O)Nc1cc(Cn2ccnc2)ccc1C(C)(C)C)c1cccc(OC)c1OCc1ccccc1. The monoisotopic (exact) mass is 567 g/mol. The second-order valence-electron chi connectivity index (χ2n) is 12.0.